The molecule has 1 aliphatic heterocycles. The van der Waals surface area contributed by atoms with Gasteiger partial charge in [-0.1, -0.05) is 0 Å². The van der Waals surface area contributed by atoms with Crippen LogP contribution in [0.25, 0.3) is 0 Å². The molecule has 0 radical (unpaired) electrons. The van der Waals surface area contributed by atoms with Crippen molar-refractivity contribution in [3.05, 3.63) is 18.2 Å². The van der Waals surface area contributed by atoms with Gasteiger partial charge in [-0.25, -0.2) is 9.78 Å². The van der Waals surface area contributed by atoms with Gasteiger partial charge in [0.25, 0.3) is 0 Å². The van der Waals surface area contributed by atoms with E-state index in [-0.39, 0.29) is 6.04 Å². The second kappa shape index (κ2) is 4.44. The second-order valence-corrected chi connectivity index (χ2v) is 3.83. The standard InChI is InChI=1S/C10H15N3O2/c14-10(15)9-6-12-7-13(9)8-2-1-4-11-5-3-8/h6-8,11H,1-5H2,(H,14,15). The van der Waals surface area contributed by atoms with E-state index < -0.39 is 5.97 Å². The van der Waals surface area contributed by atoms with Gasteiger partial charge in [-0.15, -0.1) is 0 Å². The van der Waals surface area contributed by atoms with Gasteiger partial charge in [0.2, 0.25) is 0 Å². The molecule has 1 saturated heterocycles. The van der Waals surface area contributed by atoms with E-state index in [1.54, 1.807) is 10.9 Å². The third-order valence-corrected chi connectivity index (χ3v) is 2.82. The summed E-state index contributed by atoms with van der Waals surface area (Å²) in [6.45, 7) is 1.97. The van der Waals surface area contributed by atoms with Crippen molar-refractivity contribution >= 4 is 5.97 Å². The summed E-state index contributed by atoms with van der Waals surface area (Å²) in [4.78, 5) is 14.8. The highest BCUT2D eigenvalue weighted by atomic mass is 16.4. The highest BCUT2D eigenvalue weighted by Gasteiger charge is 2.19. The number of carbonyl (C=O) groups is 1. The molecule has 5 nitrogen and oxygen atoms in total. The third kappa shape index (κ3) is 2.18. The molecule has 2 heterocycles. The Labute approximate surface area is 88.1 Å². The third-order valence-electron chi connectivity index (χ3n) is 2.82. The second-order valence-electron chi connectivity index (χ2n) is 3.83. The number of aromatic carboxylic acids is 1. The predicted octanol–water partition coefficient (Wildman–Crippen LogP) is 0.896. The highest BCUT2D eigenvalue weighted by Crippen LogP contribution is 2.21. The Morgan fingerprint density at radius 1 is 1.53 bits per heavy atom. The Balaban J connectivity index is 2.19. The fourth-order valence-corrected chi connectivity index (χ4v) is 2.04. The van der Waals surface area contributed by atoms with Gasteiger partial charge in [-0.05, 0) is 32.4 Å². The van der Waals surface area contributed by atoms with E-state index in [4.69, 9.17) is 5.11 Å². The van der Waals surface area contributed by atoms with Gasteiger partial charge in [-0.2, -0.15) is 0 Å². The van der Waals surface area contributed by atoms with Crippen LogP contribution in [0.5, 0.6) is 0 Å². The number of imidazole rings is 1. The van der Waals surface area contributed by atoms with Crippen molar-refractivity contribution in [3.8, 4) is 0 Å². The van der Waals surface area contributed by atoms with Gasteiger partial charge in [0.05, 0.1) is 12.5 Å². The zero-order chi connectivity index (χ0) is 10.7. The Hall–Kier alpha value is -1.36. The number of carboxylic acids is 1. The number of rotatable bonds is 2. The number of aromatic nitrogens is 2. The van der Waals surface area contributed by atoms with E-state index in [0.717, 1.165) is 32.4 Å². The van der Waals surface area contributed by atoms with Gasteiger partial charge in [-0.3, -0.25) is 0 Å². The molecule has 1 unspecified atom stereocenters. The van der Waals surface area contributed by atoms with Crippen LogP contribution >= 0.6 is 0 Å². The maximum Gasteiger partial charge on any atom is 0.354 e. The molecule has 1 atom stereocenters. The van der Waals surface area contributed by atoms with Crippen LogP contribution in [0.1, 0.15) is 35.8 Å². The van der Waals surface area contributed by atoms with Crippen molar-refractivity contribution in [1.29, 1.82) is 0 Å². The van der Waals surface area contributed by atoms with E-state index >= 15 is 0 Å². The van der Waals surface area contributed by atoms with Crippen molar-refractivity contribution in [2.45, 2.75) is 25.3 Å². The molecule has 2 N–H and O–H groups in total. The Morgan fingerprint density at radius 3 is 3.20 bits per heavy atom. The molecule has 0 aliphatic carbocycles. The van der Waals surface area contributed by atoms with Gasteiger partial charge >= 0.3 is 5.97 Å². The fourth-order valence-electron chi connectivity index (χ4n) is 2.04. The molecule has 1 aromatic rings. The van der Waals surface area contributed by atoms with E-state index in [0.29, 0.717) is 5.69 Å². The molecule has 1 aliphatic rings. The lowest BCUT2D eigenvalue weighted by molar-refractivity contribution is 0.0682. The first-order chi connectivity index (χ1) is 7.29. The first-order valence-corrected chi connectivity index (χ1v) is 5.25. The summed E-state index contributed by atoms with van der Waals surface area (Å²) < 4.78 is 1.79. The number of hydrogen-bond donors (Lipinski definition) is 2. The lowest BCUT2D eigenvalue weighted by Crippen LogP contribution is -2.17. The molecule has 0 aromatic carbocycles. The molecular formula is C10H15N3O2. The molecule has 0 bridgehead atoms. The first-order valence-electron chi connectivity index (χ1n) is 5.25. The number of nitrogens with one attached hydrogen (secondary N) is 1. The van der Waals surface area contributed by atoms with Crippen molar-refractivity contribution in [2.75, 3.05) is 13.1 Å². The van der Waals surface area contributed by atoms with Crippen LogP contribution in [0.15, 0.2) is 12.5 Å². The van der Waals surface area contributed by atoms with Gasteiger partial charge < -0.3 is 15.0 Å². The molecule has 15 heavy (non-hydrogen) atoms. The average molecular weight is 209 g/mol. The smallest absolute Gasteiger partial charge is 0.354 e. The van der Waals surface area contributed by atoms with E-state index in [2.05, 4.69) is 10.3 Å². The SMILES string of the molecule is O=C(O)c1cncn1C1CCCNCC1. The minimum atomic E-state index is -0.898. The van der Waals surface area contributed by atoms with Crippen LogP contribution in [0.4, 0.5) is 0 Å². The summed E-state index contributed by atoms with van der Waals surface area (Å²) in [6.07, 6.45) is 6.11. The minimum Gasteiger partial charge on any atom is -0.477 e. The van der Waals surface area contributed by atoms with Crippen LogP contribution in [0, 0.1) is 0 Å². The Bertz CT molecular complexity index is 340. The maximum atomic E-state index is 10.9. The fraction of sp³-hybridized carbons (Fsp3) is 0.600. The molecule has 0 amide bonds. The summed E-state index contributed by atoms with van der Waals surface area (Å²) >= 11 is 0. The largest absolute Gasteiger partial charge is 0.477 e. The molecule has 1 aromatic heterocycles. The molecule has 0 saturated carbocycles. The van der Waals surface area contributed by atoms with Crippen molar-refractivity contribution in [2.24, 2.45) is 0 Å². The van der Waals surface area contributed by atoms with Gasteiger partial charge in [0.1, 0.15) is 5.69 Å². The van der Waals surface area contributed by atoms with Crippen molar-refractivity contribution in [3.63, 3.8) is 0 Å². The molecule has 2 rings (SSSR count). The lowest BCUT2D eigenvalue weighted by atomic mass is 10.1. The summed E-state index contributed by atoms with van der Waals surface area (Å²) in [5.41, 5.74) is 0.293. The van der Waals surface area contributed by atoms with Gasteiger partial charge in [0.15, 0.2) is 0 Å². The van der Waals surface area contributed by atoms with Crippen LogP contribution in [-0.2, 0) is 0 Å². The van der Waals surface area contributed by atoms with Crippen LogP contribution in [-0.4, -0.2) is 33.7 Å². The summed E-state index contributed by atoms with van der Waals surface area (Å²) in [7, 11) is 0. The number of hydrogen-bond acceptors (Lipinski definition) is 3. The monoisotopic (exact) mass is 209 g/mol. The minimum absolute atomic E-state index is 0.272. The molecule has 0 spiro atoms. The number of carboxylic acid groups (broad SMARTS) is 1. The number of nitrogens with zero attached hydrogens (tertiary/aromatic N) is 2. The van der Waals surface area contributed by atoms with Crippen molar-refractivity contribution in [1.82, 2.24) is 14.9 Å². The van der Waals surface area contributed by atoms with E-state index in [1.807, 2.05) is 0 Å². The maximum absolute atomic E-state index is 10.9. The van der Waals surface area contributed by atoms with E-state index in [1.165, 1.54) is 6.20 Å². The molecule has 1 fully saturated rings. The normalized spacial score (nSPS) is 22.3. The summed E-state index contributed by atoms with van der Waals surface area (Å²) in [6, 6.07) is 0.272. The van der Waals surface area contributed by atoms with E-state index in [9.17, 15) is 4.79 Å². The first kappa shape index (κ1) is 10.2. The topological polar surface area (TPSA) is 67.1 Å². The molecular weight excluding hydrogens is 194 g/mol. The average Bonchev–Trinajstić information content (AvgIpc) is 2.55. The zero-order valence-corrected chi connectivity index (χ0v) is 8.52. The predicted molar refractivity (Wildman–Crippen MR) is 54.9 cm³/mol. The quantitative estimate of drug-likeness (QED) is 0.759. The van der Waals surface area contributed by atoms with Crippen LogP contribution < -0.4 is 5.32 Å². The van der Waals surface area contributed by atoms with Crippen molar-refractivity contribution < 1.29 is 9.90 Å². The van der Waals surface area contributed by atoms with Crippen LogP contribution in [0.2, 0.25) is 0 Å². The Morgan fingerprint density at radius 2 is 2.40 bits per heavy atom. The van der Waals surface area contributed by atoms with Gasteiger partial charge in [0, 0.05) is 6.04 Å². The highest BCUT2D eigenvalue weighted by molar-refractivity contribution is 5.85. The summed E-state index contributed by atoms with van der Waals surface area (Å²) in [5.74, 6) is -0.898. The molecule has 82 valence electrons. The molecule has 5 heteroatoms. The Kier molecular flexibility index (Phi) is 3.01. The lowest BCUT2D eigenvalue weighted by Gasteiger charge is -2.16. The summed E-state index contributed by atoms with van der Waals surface area (Å²) in [5, 5.41) is 12.3. The van der Waals surface area contributed by atoms with Crippen LogP contribution in [0.3, 0.4) is 0 Å². The zero-order valence-electron chi connectivity index (χ0n) is 8.52.